The molecule has 0 bridgehead atoms. The first-order chi connectivity index (χ1) is 14.0. The van der Waals surface area contributed by atoms with Crippen LogP contribution in [-0.2, 0) is 4.79 Å². The summed E-state index contributed by atoms with van der Waals surface area (Å²) in [5, 5.41) is 16.4. The summed E-state index contributed by atoms with van der Waals surface area (Å²) in [5.74, 6) is 0.447. The van der Waals surface area contributed by atoms with Crippen molar-refractivity contribution in [1.29, 1.82) is 5.26 Å². The number of likely N-dealkylation sites (tertiary alicyclic amines) is 1. The van der Waals surface area contributed by atoms with Gasteiger partial charge in [-0.15, -0.1) is 5.10 Å². The number of aromatic nitrogens is 4. The van der Waals surface area contributed by atoms with Crippen molar-refractivity contribution in [1.82, 2.24) is 24.8 Å². The van der Waals surface area contributed by atoms with Crippen LogP contribution in [0, 0.1) is 16.7 Å². The highest BCUT2D eigenvalue weighted by Crippen LogP contribution is 2.36. The number of anilines is 3. The van der Waals surface area contributed by atoms with Gasteiger partial charge in [-0.3, -0.25) is 14.5 Å². The average molecular weight is 396 g/mol. The Hall–Kier alpha value is -3.68. The van der Waals surface area contributed by atoms with E-state index in [1.165, 1.54) is 23.5 Å². The molecule has 0 radical (unpaired) electrons. The second kappa shape index (κ2) is 7.38. The predicted molar refractivity (Wildman–Crippen MR) is 101 cm³/mol. The van der Waals surface area contributed by atoms with Crippen LogP contribution in [0.1, 0.15) is 26.2 Å². The predicted octanol–water partition coefficient (Wildman–Crippen LogP) is 1.33. The molecule has 2 saturated heterocycles. The summed E-state index contributed by atoms with van der Waals surface area (Å²) in [7, 11) is 0. The van der Waals surface area contributed by atoms with Gasteiger partial charge in [-0.1, -0.05) is 11.8 Å². The highest BCUT2D eigenvalue weighted by molar-refractivity contribution is 6.01. The maximum atomic E-state index is 12.7. The van der Waals surface area contributed by atoms with Gasteiger partial charge in [0.15, 0.2) is 0 Å². The maximum absolute atomic E-state index is 12.7. The SMILES string of the molecule is CC[C@]1(C#N)CCN(c2ccnc(Nc3cnn(OC(=O)N4CCC4)c3)n2)C1=O. The molecule has 4 heterocycles. The second-order valence-corrected chi connectivity index (χ2v) is 6.95. The average Bonchev–Trinajstić information content (AvgIpc) is 3.24. The molecule has 2 fully saturated rings. The van der Waals surface area contributed by atoms with Crippen LogP contribution in [0.5, 0.6) is 0 Å². The molecule has 11 heteroatoms. The Labute approximate surface area is 166 Å². The number of rotatable bonds is 5. The Morgan fingerprint density at radius 2 is 2.24 bits per heavy atom. The van der Waals surface area contributed by atoms with Crippen molar-refractivity contribution in [2.75, 3.05) is 29.9 Å². The third-order valence-electron chi connectivity index (χ3n) is 5.25. The van der Waals surface area contributed by atoms with Gasteiger partial charge in [-0.05, 0) is 25.3 Å². The number of hydrogen-bond acceptors (Lipinski definition) is 8. The highest BCUT2D eigenvalue weighted by Gasteiger charge is 2.46. The van der Waals surface area contributed by atoms with E-state index < -0.39 is 11.5 Å². The molecule has 2 aliphatic rings. The molecular weight excluding hydrogens is 376 g/mol. The number of nitrogens with zero attached hydrogens (tertiary/aromatic N) is 7. The zero-order valence-corrected chi connectivity index (χ0v) is 15.9. The maximum Gasteiger partial charge on any atom is 0.435 e. The zero-order valence-electron chi connectivity index (χ0n) is 15.9. The van der Waals surface area contributed by atoms with E-state index in [0.29, 0.717) is 44.0 Å². The van der Waals surface area contributed by atoms with E-state index >= 15 is 0 Å². The largest absolute Gasteiger partial charge is 0.435 e. The van der Waals surface area contributed by atoms with Crippen LogP contribution in [0.15, 0.2) is 24.7 Å². The first-order valence-corrected chi connectivity index (χ1v) is 9.40. The third-order valence-corrected chi connectivity index (χ3v) is 5.25. The molecule has 29 heavy (non-hydrogen) atoms. The summed E-state index contributed by atoms with van der Waals surface area (Å²) < 4.78 is 0. The Balaban J connectivity index is 1.44. The standard InChI is InChI=1S/C18H20N8O3/c1-2-18(12-19)5-9-25(15(18)27)14-4-6-20-16(23-14)22-13-10-21-26(11-13)29-17(28)24-7-3-8-24/h4,6,10-11H,2-3,5,7-9H2,1H3,(H,20,22,23)/t18-/m1/s1. The van der Waals surface area contributed by atoms with E-state index in [0.717, 1.165) is 11.3 Å². The van der Waals surface area contributed by atoms with E-state index in [9.17, 15) is 14.9 Å². The van der Waals surface area contributed by atoms with Crippen LogP contribution >= 0.6 is 0 Å². The van der Waals surface area contributed by atoms with Crippen LogP contribution < -0.4 is 15.1 Å². The Morgan fingerprint density at radius 3 is 2.90 bits per heavy atom. The number of hydrogen-bond donors (Lipinski definition) is 1. The van der Waals surface area contributed by atoms with Crippen molar-refractivity contribution in [2.24, 2.45) is 5.41 Å². The minimum Gasteiger partial charge on any atom is -0.321 e. The number of carbonyl (C=O) groups excluding carboxylic acids is 2. The van der Waals surface area contributed by atoms with Gasteiger partial charge in [0.2, 0.25) is 11.9 Å². The Morgan fingerprint density at radius 1 is 1.41 bits per heavy atom. The summed E-state index contributed by atoms with van der Waals surface area (Å²) in [4.78, 5) is 42.3. The van der Waals surface area contributed by atoms with Crippen LogP contribution in [0.3, 0.4) is 0 Å². The van der Waals surface area contributed by atoms with Gasteiger partial charge < -0.3 is 10.2 Å². The molecule has 2 aromatic rings. The first kappa shape index (κ1) is 18.7. The molecule has 4 rings (SSSR count). The van der Waals surface area contributed by atoms with Crippen molar-refractivity contribution >= 4 is 29.5 Å². The summed E-state index contributed by atoms with van der Waals surface area (Å²) in [5.41, 5.74) is -0.466. The Bertz CT molecular complexity index is 979. The monoisotopic (exact) mass is 396 g/mol. The quantitative estimate of drug-likeness (QED) is 0.801. The lowest BCUT2D eigenvalue weighted by Gasteiger charge is -2.28. The zero-order chi connectivity index (χ0) is 20.4. The molecule has 1 atom stereocenters. The fraction of sp³-hybridized carbons (Fsp3) is 0.444. The number of nitrogens with one attached hydrogen (secondary N) is 1. The third kappa shape index (κ3) is 3.44. The highest BCUT2D eigenvalue weighted by atomic mass is 16.7. The van der Waals surface area contributed by atoms with E-state index in [-0.39, 0.29) is 11.9 Å². The van der Waals surface area contributed by atoms with Crippen molar-refractivity contribution < 1.29 is 14.4 Å². The molecule has 2 amide bonds. The van der Waals surface area contributed by atoms with Crippen molar-refractivity contribution in [2.45, 2.75) is 26.2 Å². The van der Waals surface area contributed by atoms with Gasteiger partial charge in [0.25, 0.3) is 0 Å². The van der Waals surface area contributed by atoms with Crippen LogP contribution in [-0.4, -0.2) is 56.4 Å². The topological polar surface area (TPSA) is 129 Å². The number of nitriles is 1. The molecule has 0 aromatic carbocycles. The van der Waals surface area contributed by atoms with E-state index in [2.05, 4.69) is 26.5 Å². The molecular formula is C18H20N8O3. The molecule has 11 nitrogen and oxygen atoms in total. The lowest BCUT2D eigenvalue weighted by atomic mass is 9.85. The Kier molecular flexibility index (Phi) is 4.75. The first-order valence-electron chi connectivity index (χ1n) is 9.40. The van der Waals surface area contributed by atoms with Gasteiger partial charge in [0.1, 0.15) is 11.2 Å². The lowest BCUT2D eigenvalue weighted by Crippen LogP contribution is -2.45. The van der Waals surface area contributed by atoms with Gasteiger partial charge in [-0.25, -0.2) is 9.78 Å². The van der Waals surface area contributed by atoms with Crippen molar-refractivity contribution in [3.63, 3.8) is 0 Å². The summed E-state index contributed by atoms with van der Waals surface area (Å²) in [6.45, 7) is 3.64. The minimum absolute atomic E-state index is 0.238. The summed E-state index contributed by atoms with van der Waals surface area (Å²) >= 11 is 0. The van der Waals surface area contributed by atoms with E-state index in [1.54, 1.807) is 11.0 Å². The number of amides is 2. The number of carbonyl (C=O) groups is 2. The minimum atomic E-state index is -0.986. The normalized spacial score (nSPS) is 20.9. The van der Waals surface area contributed by atoms with Crippen molar-refractivity contribution in [3.05, 3.63) is 24.7 Å². The van der Waals surface area contributed by atoms with Gasteiger partial charge >= 0.3 is 6.09 Å². The molecule has 2 aliphatic heterocycles. The summed E-state index contributed by atoms with van der Waals surface area (Å²) in [6, 6.07) is 3.79. The van der Waals surface area contributed by atoms with E-state index in [1.807, 2.05) is 6.92 Å². The molecule has 2 aromatic heterocycles. The van der Waals surface area contributed by atoms with Gasteiger partial charge in [0, 0.05) is 25.8 Å². The van der Waals surface area contributed by atoms with Crippen LogP contribution in [0.25, 0.3) is 0 Å². The molecule has 150 valence electrons. The van der Waals surface area contributed by atoms with E-state index in [4.69, 9.17) is 4.84 Å². The smallest absolute Gasteiger partial charge is 0.321 e. The van der Waals surface area contributed by atoms with Crippen molar-refractivity contribution in [3.8, 4) is 6.07 Å². The summed E-state index contributed by atoms with van der Waals surface area (Å²) in [6.07, 6.45) is 5.95. The van der Waals surface area contributed by atoms with Crippen LogP contribution in [0.2, 0.25) is 0 Å². The lowest BCUT2D eigenvalue weighted by molar-refractivity contribution is -0.123. The van der Waals surface area contributed by atoms with Gasteiger partial charge in [0.05, 0.1) is 24.2 Å². The fourth-order valence-corrected chi connectivity index (χ4v) is 3.24. The molecule has 0 unspecified atom stereocenters. The molecule has 1 N–H and O–H groups in total. The van der Waals surface area contributed by atoms with Crippen LogP contribution in [0.4, 0.5) is 22.2 Å². The van der Waals surface area contributed by atoms with Gasteiger partial charge in [-0.2, -0.15) is 10.2 Å². The fourth-order valence-electron chi connectivity index (χ4n) is 3.24. The molecule has 0 spiro atoms. The molecule has 0 aliphatic carbocycles. The molecule has 0 saturated carbocycles. The second-order valence-electron chi connectivity index (χ2n) is 6.95.